The van der Waals surface area contributed by atoms with Crippen LogP contribution < -0.4 is 10.6 Å². The number of nitrogens with zero attached hydrogens (tertiary/aromatic N) is 3. The highest BCUT2D eigenvalue weighted by atomic mass is 16.5. The van der Waals surface area contributed by atoms with Gasteiger partial charge in [-0.25, -0.2) is 9.97 Å². The van der Waals surface area contributed by atoms with Gasteiger partial charge in [-0.1, -0.05) is 6.92 Å². The fourth-order valence-electron chi connectivity index (χ4n) is 2.97. The van der Waals surface area contributed by atoms with E-state index in [-0.39, 0.29) is 11.2 Å². The van der Waals surface area contributed by atoms with Gasteiger partial charge in [0.25, 0.3) is 0 Å². The Morgan fingerprint density at radius 1 is 1.21 bits per heavy atom. The highest BCUT2D eigenvalue weighted by Crippen LogP contribution is 2.32. The maximum atomic E-state index is 6.10. The van der Waals surface area contributed by atoms with Crippen molar-refractivity contribution in [2.75, 3.05) is 23.7 Å². The van der Waals surface area contributed by atoms with Gasteiger partial charge in [0, 0.05) is 18.7 Å². The molecule has 0 bridgehead atoms. The van der Waals surface area contributed by atoms with Crippen LogP contribution in [0.2, 0.25) is 0 Å². The lowest BCUT2D eigenvalue weighted by Gasteiger charge is -2.48. The molecule has 0 atom stereocenters. The molecule has 1 aromatic heterocycles. The predicted molar refractivity (Wildman–Crippen MR) is 77.3 cm³/mol. The monoisotopic (exact) mass is 264 g/mol. The molecule has 0 radical (unpaired) electrons. The first-order valence-electron chi connectivity index (χ1n) is 6.78. The van der Waals surface area contributed by atoms with E-state index < -0.39 is 0 Å². The quantitative estimate of drug-likeness (QED) is 0.885. The van der Waals surface area contributed by atoms with Crippen molar-refractivity contribution in [1.82, 2.24) is 9.97 Å². The summed E-state index contributed by atoms with van der Waals surface area (Å²) in [5, 5.41) is 0. The number of aromatic nitrogens is 2. The topological polar surface area (TPSA) is 64.3 Å². The van der Waals surface area contributed by atoms with Gasteiger partial charge in [0.05, 0.1) is 11.2 Å². The second-order valence-corrected chi connectivity index (χ2v) is 6.39. The summed E-state index contributed by atoms with van der Waals surface area (Å²) in [5.74, 6) is 1.52. The van der Waals surface area contributed by atoms with Crippen molar-refractivity contribution >= 4 is 11.6 Å². The lowest BCUT2D eigenvalue weighted by molar-refractivity contribution is -0.133. The SMILES string of the molecule is CCc1c(N)ncnc1N1CC(C)(C)OC(C)(C)C1. The van der Waals surface area contributed by atoms with Crippen molar-refractivity contribution < 1.29 is 4.74 Å². The summed E-state index contributed by atoms with van der Waals surface area (Å²) in [6, 6.07) is 0. The largest absolute Gasteiger partial charge is 0.383 e. The van der Waals surface area contributed by atoms with Crippen LogP contribution in [-0.4, -0.2) is 34.3 Å². The Bertz CT molecular complexity index is 455. The van der Waals surface area contributed by atoms with E-state index in [0.29, 0.717) is 5.82 Å². The zero-order valence-electron chi connectivity index (χ0n) is 12.5. The first-order valence-corrected chi connectivity index (χ1v) is 6.78. The summed E-state index contributed by atoms with van der Waals surface area (Å²) in [7, 11) is 0. The van der Waals surface area contributed by atoms with Gasteiger partial charge in [0.2, 0.25) is 0 Å². The van der Waals surface area contributed by atoms with Crippen molar-refractivity contribution in [2.24, 2.45) is 0 Å². The third-order valence-corrected chi connectivity index (χ3v) is 3.30. The molecule has 0 aromatic carbocycles. The Morgan fingerprint density at radius 3 is 2.32 bits per heavy atom. The number of morpholine rings is 1. The summed E-state index contributed by atoms with van der Waals surface area (Å²) >= 11 is 0. The molecule has 0 spiro atoms. The molecule has 1 fully saturated rings. The number of ether oxygens (including phenoxy) is 1. The Hall–Kier alpha value is -1.36. The normalized spacial score (nSPS) is 21.4. The van der Waals surface area contributed by atoms with E-state index in [1.165, 1.54) is 0 Å². The fourth-order valence-corrected chi connectivity index (χ4v) is 2.97. The van der Waals surface area contributed by atoms with Gasteiger partial charge in [0.1, 0.15) is 18.0 Å². The molecular formula is C14H24N4O. The molecular weight excluding hydrogens is 240 g/mol. The molecule has 0 aliphatic carbocycles. The summed E-state index contributed by atoms with van der Waals surface area (Å²) in [4.78, 5) is 10.8. The lowest BCUT2D eigenvalue weighted by atomic mass is 9.98. The van der Waals surface area contributed by atoms with E-state index >= 15 is 0 Å². The van der Waals surface area contributed by atoms with Crippen LogP contribution >= 0.6 is 0 Å². The average molecular weight is 264 g/mol. The van der Waals surface area contributed by atoms with Crippen LogP contribution in [0, 0.1) is 0 Å². The van der Waals surface area contributed by atoms with Crippen LogP contribution in [0.3, 0.4) is 0 Å². The lowest BCUT2D eigenvalue weighted by Crippen LogP contribution is -2.57. The third kappa shape index (κ3) is 2.97. The molecule has 1 aliphatic heterocycles. The molecule has 1 aromatic rings. The number of rotatable bonds is 2. The molecule has 5 heteroatoms. The minimum Gasteiger partial charge on any atom is -0.383 e. The van der Waals surface area contributed by atoms with Crippen LogP contribution in [0.5, 0.6) is 0 Å². The first kappa shape index (κ1) is 14.1. The van der Waals surface area contributed by atoms with Crippen molar-refractivity contribution in [3.8, 4) is 0 Å². The molecule has 2 rings (SSSR count). The molecule has 0 unspecified atom stereocenters. The molecule has 5 nitrogen and oxygen atoms in total. The second kappa shape index (κ2) is 4.63. The first-order chi connectivity index (χ1) is 8.74. The number of anilines is 2. The van der Waals surface area contributed by atoms with E-state index in [9.17, 15) is 0 Å². The van der Waals surface area contributed by atoms with Crippen LogP contribution in [0.1, 0.15) is 40.2 Å². The zero-order chi connectivity index (χ0) is 14.3. The van der Waals surface area contributed by atoms with Gasteiger partial charge in [-0.05, 0) is 34.1 Å². The predicted octanol–water partition coefficient (Wildman–Crippen LogP) is 2.02. The minimum atomic E-state index is -0.202. The van der Waals surface area contributed by atoms with Gasteiger partial charge in [0.15, 0.2) is 0 Å². The summed E-state index contributed by atoms with van der Waals surface area (Å²) in [6.07, 6.45) is 2.37. The maximum absolute atomic E-state index is 6.10. The highest BCUT2D eigenvalue weighted by molar-refractivity contribution is 5.57. The van der Waals surface area contributed by atoms with Crippen molar-refractivity contribution in [3.63, 3.8) is 0 Å². The summed E-state index contributed by atoms with van der Waals surface area (Å²) in [6.45, 7) is 12.1. The third-order valence-electron chi connectivity index (χ3n) is 3.30. The molecule has 2 N–H and O–H groups in total. The number of nitrogens with two attached hydrogens (primary N) is 1. The van der Waals surface area contributed by atoms with Crippen molar-refractivity contribution in [2.45, 2.75) is 52.2 Å². The summed E-state index contributed by atoms with van der Waals surface area (Å²) < 4.78 is 6.10. The van der Waals surface area contributed by atoms with E-state index in [0.717, 1.165) is 30.9 Å². The molecule has 106 valence electrons. The number of nitrogen functional groups attached to an aromatic ring is 1. The Morgan fingerprint density at radius 2 is 1.79 bits per heavy atom. The minimum absolute atomic E-state index is 0.202. The van der Waals surface area contributed by atoms with Crippen molar-refractivity contribution in [3.05, 3.63) is 11.9 Å². The van der Waals surface area contributed by atoms with Crippen LogP contribution in [-0.2, 0) is 11.2 Å². The average Bonchev–Trinajstić information content (AvgIpc) is 2.24. The number of hydrogen-bond acceptors (Lipinski definition) is 5. The molecule has 0 amide bonds. The van der Waals surface area contributed by atoms with Crippen LogP contribution in [0.25, 0.3) is 0 Å². The van der Waals surface area contributed by atoms with E-state index in [1.54, 1.807) is 6.33 Å². The molecule has 19 heavy (non-hydrogen) atoms. The molecule has 1 saturated heterocycles. The molecule has 1 aliphatic rings. The number of hydrogen-bond donors (Lipinski definition) is 1. The molecule has 2 heterocycles. The van der Waals surface area contributed by atoms with Gasteiger partial charge in [-0.15, -0.1) is 0 Å². The Kier molecular flexibility index (Phi) is 3.43. The maximum Gasteiger partial charge on any atom is 0.137 e. The van der Waals surface area contributed by atoms with Crippen LogP contribution in [0.15, 0.2) is 6.33 Å². The fraction of sp³-hybridized carbons (Fsp3) is 0.714. The second-order valence-electron chi connectivity index (χ2n) is 6.39. The van der Waals surface area contributed by atoms with Gasteiger partial charge in [-0.3, -0.25) is 0 Å². The van der Waals surface area contributed by atoms with E-state index in [1.807, 2.05) is 0 Å². The van der Waals surface area contributed by atoms with Gasteiger partial charge in [-0.2, -0.15) is 0 Å². The van der Waals surface area contributed by atoms with Crippen LogP contribution in [0.4, 0.5) is 11.6 Å². The van der Waals surface area contributed by atoms with E-state index in [2.05, 4.69) is 49.5 Å². The zero-order valence-corrected chi connectivity index (χ0v) is 12.5. The summed E-state index contributed by atoms with van der Waals surface area (Å²) in [5.41, 5.74) is 6.58. The standard InChI is InChI=1S/C14H24N4O/c1-6-10-11(15)16-9-17-12(10)18-7-13(2,3)19-14(4,5)8-18/h9H,6-8H2,1-5H3,(H2,15,16,17). The van der Waals surface area contributed by atoms with Gasteiger partial charge < -0.3 is 15.4 Å². The van der Waals surface area contributed by atoms with E-state index in [4.69, 9.17) is 10.5 Å². The Labute approximate surface area is 115 Å². The molecule has 0 saturated carbocycles. The Balaban J connectivity index is 2.39. The van der Waals surface area contributed by atoms with Gasteiger partial charge >= 0.3 is 0 Å². The smallest absolute Gasteiger partial charge is 0.137 e. The highest BCUT2D eigenvalue weighted by Gasteiger charge is 2.39. The van der Waals surface area contributed by atoms with Crippen molar-refractivity contribution in [1.29, 1.82) is 0 Å².